The van der Waals surface area contributed by atoms with Crippen LogP contribution in [0.2, 0.25) is 0 Å². The van der Waals surface area contributed by atoms with Crippen LogP contribution in [0.4, 0.5) is 5.69 Å². The molecule has 0 atom stereocenters. The van der Waals surface area contributed by atoms with E-state index in [9.17, 15) is 4.79 Å². The molecule has 5 heteroatoms. The minimum absolute atomic E-state index is 0.344. The predicted octanol–water partition coefficient (Wildman–Crippen LogP) is 9.10. The molecular formula is C34H43NO4. The monoisotopic (exact) mass is 529 g/mol. The van der Waals surface area contributed by atoms with Crippen molar-refractivity contribution < 1.29 is 19.0 Å². The maximum Gasteiger partial charge on any atom is 0.337 e. The Labute approximate surface area is 234 Å². The van der Waals surface area contributed by atoms with Crippen LogP contribution in [0.1, 0.15) is 92.6 Å². The van der Waals surface area contributed by atoms with Gasteiger partial charge in [-0.1, -0.05) is 76.8 Å². The molecule has 0 aliphatic carbocycles. The van der Waals surface area contributed by atoms with Crippen LogP contribution in [0.25, 0.3) is 0 Å². The molecule has 0 N–H and O–H groups in total. The lowest BCUT2D eigenvalue weighted by Gasteiger charge is -2.07. The first kappa shape index (κ1) is 29.9. The number of methoxy groups -OCH3 is 1. The number of nitrogens with zero attached hydrogens (tertiary/aromatic N) is 1. The Bertz CT molecular complexity index is 1110. The number of ether oxygens (including phenoxy) is 3. The lowest BCUT2D eigenvalue weighted by molar-refractivity contribution is 0.0600. The van der Waals surface area contributed by atoms with Gasteiger partial charge in [0.1, 0.15) is 18.1 Å². The van der Waals surface area contributed by atoms with Crippen molar-refractivity contribution in [2.75, 3.05) is 13.7 Å². The molecule has 0 bridgehead atoms. The number of unbranched alkanes of at least 4 members (excludes halogenated alkanes) is 9. The standard InChI is InChI=1S/C34H43NO4/c1-3-4-5-6-7-8-9-10-11-12-25-38-32-23-19-31(20-24-32)35-26-28-15-21-33(22-16-28)39-27-29-13-17-30(18-14-29)34(36)37-2/h13-24,26H,3-12,25,27H2,1-2H3. The molecule has 0 fully saturated rings. The minimum Gasteiger partial charge on any atom is -0.494 e. The van der Waals surface area contributed by atoms with Crippen LogP contribution < -0.4 is 9.47 Å². The molecule has 0 aromatic heterocycles. The summed E-state index contributed by atoms with van der Waals surface area (Å²) in [5, 5.41) is 0. The van der Waals surface area contributed by atoms with Crippen molar-refractivity contribution >= 4 is 17.9 Å². The van der Waals surface area contributed by atoms with E-state index in [1.807, 2.05) is 66.9 Å². The highest BCUT2D eigenvalue weighted by atomic mass is 16.5. The largest absolute Gasteiger partial charge is 0.494 e. The molecule has 0 saturated carbocycles. The first-order valence-electron chi connectivity index (χ1n) is 14.3. The highest BCUT2D eigenvalue weighted by Gasteiger charge is 2.05. The lowest BCUT2D eigenvalue weighted by atomic mass is 10.1. The Balaban J connectivity index is 1.31. The molecule has 3 aromatic rings. The Hall–Kier alpha value is -3.60. The fraction of sp³-hybridized carbons (Fsp3) is 0.412. The van der Waals surface area contributed by atoms with Crippen LogP contribution >= 0.6 is 0 Å². The van der Waals surface area contributed by atoms with Crippen molar-refractivity contribution in [1.82, 2.24) is 0 Å². The Morgan fingerprint density at radius 2 is 1.26 bits per heavy atom. The molecule has 0 heterocycles. The molecule has 0 aliphatic rings. The Morgan fingerprint density at radius 1 is 0.692 bits per heavy atom. The van der Waals surface area contributed by atoms with Crippen LogP contribution in [-0.2, 0) is 11.3 Å². The summed E-state index contributed by atoms with van der Waals surface area (Å²) in [5.41, 5.74) is 3.38. The summed E-state index contributed by atoms with van der Waals surface area (Å²) in [5.74, 6) is 1.32. The normalized spacial score (nSPS) is 11.0. The fourth-order valence-electron chi connectivity index (χ4n) is 4.23. The number of carbonyl (C=O) groups excluding carboxylic acids is 1. The number of hydrogen-bond acceptors (Lipinski definition) is 5. The molecular weight excluding hydrogens is 486 g/mol. The number of aliphatic imine (C=N–C) groups is 1. The van der Waals surface area contributed by atoms with Gasteiger partial charge in [-0.25, -0.2) is 4.79 Å². The van der Waals surface area contributed by atoms with E-state index < -0.39 is 0 Å². The SMILES string of the molecule is CCCCCCCCCCCCOc1ccc(N=Cc2ccc(OCc3ccc(C(=O)OC)cc3)cc2)cc1. The smallest absolute Gasteiger partial charge is 0.337 e. The first-order chi connectivity index (χ1) is 19.2. The zero-order chi connectivity index (χ0) is 27.5. The topological polar surface area (TPSA) is 57.1 Å². The van der Waals surface area contributed by atoms with Crippen molar-refractivity contribution in [2.45, 2.75) is 77.7 Å². The molecule has 0 unspecified atom stereocenters. The number of rotatable bonds is 18. The summed E-state index contributed by atoms with van der Waals surface area (Å²) < 4.78 is 16.5. The van der Waals surface area contributed by atoms with E-state index in [2.05, 4.69) is 11.9 Å². The summed E-state index contributed by atoms with van der Waals surface area (Å²) in [4.78, 5) is 16.1. The molecule has 0 saturated heterocycles. The zero-order valence-electron chi connectivity index (χ0n) is 23.6. The van der Waals surface area contributed by atoms with Gasteiger partial charge in [-0.3, -0.25) is 4.99 Å². The van der Waals surface area contributed by atoms with Gasteiger partial charge in [0.2, 0.25) is 0 Å². The highest BCUT2D eigenvalue weighted by Crippen LogP contribution is 2.20. The fourth-order valence-corrected chi connectivity index (χ4v) is 4.23. The second kappa shape index (κ2) is 17.8. The maximum absolute atomic E-state index is 11.5. The summed E-state index contributed by atoms with van der Waals surface area (Å²) in [7, 11) is 1.37. The third-order valence-electron chi connectivity index (χ3n) is 6.63. The van der Waals surface area contributed by atoms with E-state index in [1.54, 1.807) is 12.1 Å². The molecule has 3 rings (SSSR count). The average molecular weight is 530 g/mol. The molecule has 0 amide bonds. The van der Waals surface area contributed by atoms with E-state index in [0.717, 1.165) is 41.3 Å². The van der Waals surface area contributed by atoms with Crippen LogP contribution in [-0.4, -0.2) is 25.9 Å². The van der Waals surface area contributed by atoms with Gasteiger partial charge in [0.15, 0.2) is 0 Å². The second-order valence-corrected chi connectivity index (χ2v) is 9.83. The van der Waals surface area contributed by atoms with Crippen molar-refractivity contribution in [2.24, 2.45) is 4.99 Å². The molecule has 0 aliphatic heterocycles. The van der Waals surface area contributed by atoms with Crippen molar-refractivity contribution in [3.63, 3.8) is 0 Å². The molecule has 208 valence electrons. The van der Waals surface area contributed by atoms with E-state index >= 15 is 0 Å². The molecule has 5 nitrogen and oxygen atoms in total. The quantitative estimate of drug-likeness (QED) is 0.0936. The zero-order valence-corrected chi connectivity index (χ0v) is 23.6. The highest BCUT2D eigenvalue weighted by molar-refractivity contribution is 5.89. The van der Waals surface area contributed by atoms with Crippen molar-refractivity contribution in [3.05, 3.63) is 89.5 Å². The second-order valence-electron chi connectivity index (χ2n) is 9.83. The Kier molecular flexibility index (Phi) is 13.7. The number of hydrogen-bond donors (Lipinski definition) is 0. The molecule has 0 radical (unpaired) electrons. The maximum atomic E-state index is 11.5. The van der Waals surface area contributed by atoms with E-state index in [4.69, 9.17) is 14.2 Å². The molecule has 39 heavy (non-hydrogen) atoms. The van der Waals surface area contributed by atoms with E-state index in [-0.39, 0.29) is 5.97 Å². The van der Waals surface area contributed by atoms with Gasteiger partial charge in [-0.15, -0.1) is 0 Å². The number of esters is 1. The van der Waals surface area contributed by atoms with Gasteiger partial charge < -0.3 is 14.2 Å². The van der Waals surface area contributed by atoms with Crippen molar-refractivity contribution in [3.8, 4) is 11.5 Å². The molecule has 3 aromatic carbocycles. The van der Waals surface area contributed by atoms with Crippen LogP contribution in [0, 0.1) is 0 Å². The first-order valence-corrected chi connectivity index (χ1v) is 14.3. The number of carbonyl (C=O) groups is 1. The van der Waals surface area contributed by atoms with Crippen molar-refractivity contribution in [1.29, 1.82) is 0 Å². The third-order valence-corrected chi connectivity index (χ3v) is 6.63. The summed E-state index contributed by atoms with van der Waals surface area (Å²) in [6, 6.07) is 22.9. The number of benzene rings is 3. The van der Waals surface area contributed by atoms with Gasteiger partial charge in [0.25, 0.3) is 0 Å². The van der Waals surface area contributed by atoms with Gasteiger partial charge in [-0.2, -0.15) is 0 Å². The third kappa shape index (κ3) is 11.8. The van der Waals surface area contributed by atoms with Crippen LogP contribution in [0.15, 0.2) is 77.8 Å². The van der Waals surface area contributed by atoms with Crippen LogP contribution in [0.5, 0.6) is 11.5 Å². The summed E-state index contributed by atoms with van der Waals surface area (Å²) >= 11 is 0. The summed E-state index contributed by atoms with van der Waals surface area (Å²) in [6.45, 7) is 3.46. The van der Waals surface area contributed by atoms with Gasteiger partial charge in [0.05, 0.1) is 25.0 Å². The lowest BCUT2D eigenvalue weighted by Crippen LogP contribution is -2.02. The van der Waals surface area contributed by atoms with E-state index in [0.29, 0.717) is 12.2 Å². The van der Waals surface area contributed by atoms with Gasteiger partial charge >= 0.3 is 5.97 Å². The van der Waals surface area contributed by atoms with Gasteiger partial charge in [0, 0.05) is 6.21 Å². The van der Waals surface area contributed by atoms with E-state index in [1.165, 1.54) is 64.9 Å². The average Bonchev–Trinajstić information content (AvgIpc) is 2.98. The minimum atomic E-state index is -0.344. The Morgan fingerprint density at radius 3 is 1.87 bits per heavy atom. The summed E-state index contributed by atoms with van der Waals surface area (Å²) in [6.07, 6.45) is 15.1. The predicted molar refractivity (Wildman–Crippen MR) is 160 cm³/mol. The molecule has 0 spiro atoms. The van der Waals surface area contributed by atoms with Gasteiger partial charge in [-0.05, 0) is 78.2 Å². The van der Waals surface area contributed by atoms with Crippen LogP contribution in [0.3, 0.4) is 0 Å².